The summed E-state index contributed by atoms with van der Waals surface area (Å²) in [5, 5.41) is 12.3. The Balaban J connectivity index is 1.34. The number of nitrogens with one attached hydrogen (secondary N) is 1. The van der Waals surface area contributed by atoms with Gasteiger partial charge in [-0.1, -0.05) is 30.4 Å². The number of para-hydroxylation sites is 1. The molecule has 0 aromatic heterocycles. The number of carbonyl (C=O) groups is 2. The third-order valence-corrected chi connectivity index (χ3v) is 6.32. The standard InChI is InChI=1S/C25H29N3O3/c1-18-6-2-5-9-23(18)28-16-14-27(15-17-28)20-12-10-19(11-13-20)26-24(29)21-7-3-4-8-22(21)25(30)31/h2-6,9-13,21-22H,7-8,14-17H2,1H3,(H,26,29)(H,30,31). The Morgan fingerprint density at radius 1 is 0.871 bits per heavy atom. The van der Waals surface area contributed by atoms with Crippen molar-refractivity contribution in [2.45, 2.75) is 19.8 Å². The van der Waals surface area contributed by atoms with E-state index in [4.69, 9.17) is 0 Å². The fraction of sp³-hybridized carbons (Fsp3) is 0.360. The minimum atomic E-state index is -0.912. The van der Waals surface area contributed by atoms with Crippen LogP contribution in [0.3, 0.4) is 0 Å². The van der Waals surface area contributed by atoms with Crippen LogP contribution < -0.4 is 15.1 Å². The zero-order valence-electron chi connectivity index (χ0n) is 17.8. The highest BCUT2D eigenvalue weighted by molar-refractivity contribution is 5.95. The number of aliphatic carboxylic acids is 1. The van der Waals surface area contributed by atoms with Gasteiger partial charge in [0.05, 0.1) is 11.8 Å². The molecule has 1 fully saturated rings. The number of carboxylic acid groups (broad SMARTS) is 1. The molecule has 2 aromatic carbocycles. The molecule has 0 saturated carbocycles. The molecule has 1 heterocycles. The van der Waals surface area contributed by atoms with Gasteiger partial charge >= 0.3 is 5.97 Å². The Morgan fingerprint density at radius 2 is 1.48 bits per heavy atom. The summed E-state index contributed by atoms with van der Waals surface area (Å²) in [7, 11) is 0. The number of carbonyl (C=O) groups excluding carboxylic acids is 1. The van der Waals surface area contributed by atoms with Crippen molar-refractivity contribution in [1.82, 2.24) is 0 Å². The number of carboxylic acids is 1. The largest absolute Gasteiger partial charge is 0.481 e. The molecule has 1 aliphatic heterocycles. The second-order valence-electron chi connectivity index (χ2n) is 8.29. The zero-order chi connectivity index (χ0) is 21.8. The lowest BCUT2D eigenvalue weighted by molar-refractivity contribution is -0.146. The van der Waals surface area contributed by atoms with Crippen LogP contribution in [0.2, 0.25) is 0 Å². The highest BCUT2D eigenvalue weighted by Gasteiger charge is 2.34. The Morgan fingerprint density at radius 3 is 2.13 bits per heavy atom. The highest BCUT2D eigenvalue weighted by Crippen LogP contribution is 2.28. The average molecular weight is 420 g/mol. The van der Waals surface area contributed by atoms with Gasteiger partial charge < -0.3 is 20.2 Å². The quantitative estimate of drug-likeness (QED) is 0.719. The van der Waals surface area contributed by atoms with Crippen LogP contribution in [-0.2, 0) is 9.59 Å². The molecule has 4 rings (SSSR count). The van der Waals surface area contributed by atoms with Crippen molar-refractivity contribution in [3.63, 3.8) is 0 Å². The van der Waals surface area contributed by atoms with Crippen LogP contribution in [0, 0.1) is 18.8 Å². The topological polar surface area (TPSA) is 72.9 Å². The Labute approximate surface area is 183 Å². The monoisotopic (exact) mass is 419 g/mol. The summed E-state index contributed by atoms with van der Waals surface area (Å²) in [6.45, 7) is 5.96. The van der Waals surface area contributed by atoms with E-state index < -0.39 is 17.8 Å². The number of hydrogen-bond donors (Lipinski definition) is 2. The first-order chi connectivity index (χ1) is 15.0. The zero-order valence-corrected chi connectivity index (χ0v) is 17.8. The minimum absolute atomic E-state index is 0.226. The van der Waals surface area contributed by atoms with Gasteiger partial charge in [-0.3, -0.25) is 9.59 Å². The number of hydrogen-bond acceptors (Lipinski definition) is 4. The Kier molecular flexibility index (Phi) is 6.26. The lowest BCUT2D eigenvalue weighted by Crippen LogP contribution is -2.46. The fourth-order valence-corrected chi connectivity index (χ4v) is 4.49. The smallest absolute Gasteiger partial charge is 0.307 e. The van der Waals surface area contributed by atoms with Crippen LogP contribution in [0.5, 0.6) is 0 Å². The predicted molar refractivity (Wildman–Crippen MR) is 124 cm³/mol. The maximum atomic E-state index is 12.6. The number of piperazine rings is 1. The van der Waals surface area contributed by atoms with E-state index in [0.717, 1.165) is 31.9 Å². The lowest BCUT2D eigenvalue weighted by Gasteiger charge is -2.38. The first-order valence-electron chi connectivity index (χ1n) is 10.9. The molecule has 162 valence electrons. The normalized spacial score (nSPS) is 21.1. The van der Waals surface area contributed by atoms with E-state index in [1.165, 1.54) is 11.3 Å². The maximum absolute atomic E-state index is 12.6. The number of nitrogens with zero attached hydrogens (tertiary/aromatic N) is 2. The van der Waals surface area contributed by atoms with Crippen LogP contribution in [0.25, 0.3) is 0 Å². The SMILES string of the molecule is Cc1ccccc1N1CCN(c2ccc(NC(=O)C3CC=CCC3C(=O)O)cc2)CC1. The molecule has 1 aliphatic carbocycles. The lowest BCUT2D eigenvalue weighted by atomic mass is 9.82. The van der Waals surface area contributed by atoms with Gasteiger partial charge in [-0.25, -0.2) is 0 Å². The summed E-state index contributed by atoms with van der Waals surface area (Å²) in [5.41, 5.74) is 4.43. The molecule has 6 nitrogen and oxygen atoms in total. The second-order valence-corrected chi connectivity index (χ2v) is 8.29. The molecular weight excluding hydrogens is 390 g/mol. The molecular formula is C25H29N3O3. The van der Waals surface area contributed by atoms with E-state index >= 15 is 0 Å². The van der Waals surface area contributed by atoms with E-state index in [-0.39, 0.29) is 5.91 Å². The van der Waals surface area contributed by atoms with Crippen LogP contribution in [0.15, 0.2) is 60.7 Å². The number of amides is 1. The molecule has 0 bridgehead atoms. The number of benzene rings is 2. The van der Waals surface area contributed by atoms with Gasteiger partial charge in [-0.2, -0.15) is 0 Å². The van der Waals surface area contributed by atoms with Crippen molar-refractivity contribution in [1.29, 1.82) is 0 Å². The van der Waals surface area contributed by atoms with E-state index in [1.54, 1.807) is 0 Å². The van der Waals surface area contributed by atoms with Crippen molar-refractivity contribution in [3.05, 3.63) is 66.2 Å². The first-order valence-corrected chi connectivity index (χ1v) is 10.9. The van der Waals surface area contributed by atoms with Gasteiger partial charge in [0.2, 0.25) is 5.91 Å². The van der Waals surface area contributed by atoms with Crippen molar-refractivity contribution in [3.8, 4) is 0 Å². The van der Waals surface area contributed by atoms with Crippen LogP contribution in [0.1, 0.15) is 18.4 Å². The minimum Gasteiger partial charge on any atom is -0.481 e. The van der Waals surface area contributed by atoms with Gasteiger partial charge in [-0.15, -0.1) is 0 Å². The molecule has 0 spiro atoms. The molecule has 2 unspecified atom stereocenters. The molecule has 1 amide bonds. The molecule has 2 atom stereocenters. The third kappa shape index (κ3) is 4.74. The van der Waals surface area contributed by atoms with Crippen LogP contribution >= 0.6 is 0 Å². The molecule has 31 heavy (non-hydrogen) atoms. The van der Waals surface area contributed by atoms with Crippen molar-refractivity contribution in [2.75, 3.05) is 41.3 Å². The molecule has 6 heteroatoms. The summed E-state index contributed by atoms with van der Waals surface area (Å²) >= 11 is 0. The maximum Gasteiger partial charge on any atom is 0.307 e. The van der Waals surface area contributed by atoms with E-state index in [9.17, 15) is 14.7 Å². The van der Waals surface area contributed by atoms with Gasteiger partial charge in [0.1, 0.15) is 0 Å². The summed E-state index contributed by atoms with van der Waals surface area (Å²) < 4.78 is 0. The second kappa shape index (κ2) is 9.25. The van der Waals surface area contributed by atoms with Gasteiger partial charge in [0, 0.05) is 43.2 Å². The average Bonchev–Trinajstić information content (AvgIpc) is 2.80. The Bertz CT molecular complexity index is 962. The van der Waals surface area contributed by atoms with Crippen LogP contribution in [0.4, 0.5) is 17.1 Å². The van der Waals surface area contributed by atoms with Crippen LogP contribution in [-0.4, -0.2) is 43.2 Å². The predicted octanol–water partition coefficient (Wildman–Crippen LogP) is 3.93. The van der Waals surface area contributed by atoms with Gasteiger partial charge in [-0.05, 0) is 55.7 Å². The van der Waals surface area contributed by atoms with Crippen molar-refractivity contribution in [2.24, 2.45) is 11.8 Å². The van der Waals surface area contributed by atoms with Crippen molar-refractivity contribution < 1.29 is 14.7 Å². The Hall–Kier alpha value is -3.28. The number of aryl methyl sites for hydroxylation is 1. The number of anilines is 3. The number of rotatable bonds is 5. The summed E-state index contributed by atoms with van der Waals surface area (Å²) in [4.78, 5) is 28.9. The summed E-state index contributed by atoms with van der Waals surface area (Å²) in [6, 6.07) is 16.3. The first kappa shape index (κ1) is 21.0. The fourth-order valence-electron chi connectivity index (χ4n) is 4.49. The molecule has 1 saturated heterocycles. The third-order valence-electron chi connectivity index (χ3n) is 6.32. The molecule has 2 N–H and O–H groups in total. The van der Waals surface area contributed by atoms with E-state index in [0.29, 0.717) is 18.5 Å². The highest BCUT2D eigenvalue weighted by atomic mass is 16.4. The molecule has 2 aromatic rings. The van der Waals surface area contributed by atoms with E-state index in [1.807, 2.05) is 36.4 Å². The molecule has 2 aliphatic rings. The van der Waals surface area contributed by atoms with Gasteiger partial charge in [0.25, 0.3) is 0 Å². The van der Waals surface area contributed by atoms with E-state index in [2.05, 4.69) is 46.3 Å². The summed E-state index contributed by atoms with van der Waals surface area (Å²) in [6.07, 6.45) is 4.60. The molecule has 0 radical (unpaired) electrons. The van der Waals surface area contributed by atoms with Crippen molar-refractivity contribution >= 4 is 28.9 Å². The number of allylic oxidation sites excluding steroid dienone is 2. The summed E-state index contributed by atoms with van der Waals surface area (Å²) in [5.74, 6) is -2.33. The van der Waals surface area contributed by atoms with Gasteiger partial charge in [0.15, 0.2) is 0 Å².